The van der Waals surface area contributed by atoms with Crippen LogP contribution in [0.25, 0.3) is 0 Å². The zero-order valence-corrected chi connectivity index (χ0v) is 10.2. The lowest BCUT2D eigenvalue weighted by molar-refractivity contribution is -0.141. The number of rotatable bonds is 6. The Labute approximate surface area is 108 Å². The molecular formula is C12H14F2N2O3. The van der Waals surface area contributed by atoms with Crippen LogP contribution >= 0.6 is 0 Å². The second-order valence-corrected chi connectivity index (χ2v) is 3.96. The van der Waals surface area contributed by atoms with Gasteiger partial charge in [-0.2, -0.15) is 0 Å². The standard InChI is InChI=1S/C12H14F2N2O3/c1-7(17)16-11(12(18)19)6-15-5-8-2-3-9(13)4-10(8)14/h2-4,11,15H,5-6H2,1H3,(H,16,17)(H,18,19). The molecule has 3 N–H and O–H groups in total. The van der Waals surface area contributed by atoms with Gasteiger partial charge in [0.1, 0.15) is 17.7 Å². The highest BCUT2D eigenvalue weighted by Crippen LogP contribution is 2.08. The van der Waals surface area contributed by atoms with Crippen molar-refractivity contribution in [2.75, 3.05) is 6.54 Å². The number of benzene rings is 1. The van der Waals surface area contributed by atoms with Gasteiger partial charge in [0, 0.05) is 31.6 Å². The van der Waals surface area contributed by atoms with Gasteiger partial charge in [-0.15, -0.1) is 0 Å². The van der Waals surface area contributed by atoms with Crippen LogP contribution in [0.3, 0.4) is 0 Å². The molecule has 1 aromatic rings. The van der Waals surface area contributed by atoms with Crippen LogP contribution in [-0.2, 0) is 16.1 Å². The van der Waals surface area contributed by atoms with E-state index < -0.39 is 29.6 Å². The zero-order chi connectivity index (χ0) is 14.4. The molecule has 104 valence electrons. The van der Waals surface area contributed by atoms with E-state index in [0.717, 1.165) is 12.1 Å². The molecule has 0 aliphatic rings. The fourth-order valence-electron chi connectivity index (χ4n) is 1.46. The summed E-state index contributed by atoms with van der Waals surface area (Å²) < 4.78 is 25.9. The number of halogens is 2. The van der Waals surface area contributed by atoms with E-state index in [2.05, 4.69) is 10.6 Å². The molecule has 0 heterocycles. The molecule has 19 heavy (non-hydrogen) atoms. The lowest BCUT2D eigenvalue weighted by Crippen LogP contribution is -2.46. The Morgan fingerprint density at radius 3 is 2.58 bits per heavy atom. The van der Waals surface area contributed by atoms with E-state index >= 15 is 0 Å². The van der Waals surface area contributed by atoms with Crippen LogP contribution in [0, 0.1) is 11.6 Å². The molecule has 0 aromatic heterocycles. The maximum Gasteiger partial charge on any atom is 0.327 e. The van der Waals surface area contributed by atoms with Gasteiger partial charge in [-0.3, -0.25) is 4.79 Å². The molecule has 0 spiro atoms. The fourth-order valence-corrected chi connectivity index (χ4v) is 1.46. The second-order valence-electron chi connectivity index (χ2n) is 3.96. The first kappa shape index (κ1) is 15.0. The molecule has 0 aliphatic heterocycles. The number of hydrogen-bond donors (Lipinski definition) is 3. The Morgan fingerprint density at radius 2 is 2.05 bits per heavy atom. The summed E-state index contributed by atoms with van der Waals surface area (Å²) in [4.78, 5) is 21.6. The number of amides is 1. The molecular weight excluding hydrogens is 258 g/mol. The van der Waals surface area contributed by atoms with Crippen LogP contribution in [0.4, 0.5) is 8.78 Å². The van der Waals surface area contributed by atoms with Crippen LogP contribution < -0.4 is 10.6 Å². The molecule has 1 aromatic carbocycles. The number of hydrogen-bond acceptors (Lipinski definition) is 3. The average molecular weight is 272 g/mol. The van der Waals surface area contributed by atoms with Crippen LogP contribution in [0.1, 0.15) is 12.5 Å². The molecule has 1 amide bonds. The predicted octanol–water partition coefficient (Wildman–Crippen LogP) is 0.644. The van der Waals surface area contributed by atoms with Gasteiger partial charge in [-0.05, 0) is 6.07 Å². The summed E-state index contributed by atoms with van der Waals surface area (Å²) in [6.45, 7) is 1.18. The summed E-state index contributed by atoms with van der Waals surface area (Å²) in [5.41, 5.74) is 0.216. The smallest absolute Gasteiger partial charge is 0.327 e. The molecule has 0 fully saturated rings. The van der Waals surface area contributed by atoms with Crippen molar-refractivity contribution in [3.63, 3.8) is 0 Å². The Kier molecular flexibility index (Phi) is 5.37. The molecule has 0 aliphatic carbocycles. The van der Waals surface area contributed by atoms with E-state index in [1.807, 2.05) is 0 Å². The van der Waals surface area contributed by atoms with E-state index in [-0.39, 0.29) is 18.7 Å². The van der Waals surface area contributed by atoms with Crippen molar-refractivity contribution in [1.82, 2.24) is 10.6 Å². The van der Waals surface area contributed by atoms with Gasteiger partial charge < -0.3 is 15.7 Å². The first-order chi connectivity index (χ1) is 8.90. The minimum atomic E-state index is -1.19. The number of carboxylic acid groups (broad SMARTS) is 1. The summed E-state index contributed by atoms with van der Waals surface area (Å²) in [6.07, 6.45) is 0. The summed E-state index contributed by atoms with van der Waals surface area (Å²) >= 11 is 0. The third-order valence-electron chi connectivity index (χ3n) is 2.35. The molecule has 1 unspecified atom stereocenters. The van der Waals surface area contributed by atoms with Crippen molar-refractivity contribution in [2.45, 2.75) is 19.5 Å². The van der Waals surface area contributed by atoms with E-state index in [0.29, 0.717) is 0 Å². The Morgan fingerprint density at radius 1 is 1.37 bits per heavy atom. The second kappa shape index (κ2) is 6.79. The highest BCUT2D eigenvalue weighted by molar-refractivity contribution is 5.82. The number of carbonyl (C=O) groups excluding carboxylic acids is 1. The minimum Gasteiger partial charge on any atom is -0.480 e. The van der Waals surface area contributed by atoms with E-state index in [4.69, 9.17) is 5.11 Å². The average Bonchev–Trinajstić information content (AvgIpc) is 2.29. The van der Waals surface area contributed by atoms with E-state index in [1.54, 1.807) is 0 Å². The highest BCUT2D eigenvalue weighted by atomic mass is 19.1. The Balaban J connectivity index is 2.52. The molecule has 5 nitrogen and oxygen atoms in total. The van der Waals surface area contributed by atoms with Crippen molar-refractivity contribution < 1.29 is 23.5 Å². The molecule has 1 atom stereocenters. The van der Waals surface area contributed by atoms with Crippen LogP contribution in [0.15, 0.2) is 18.2 Å². The Bertz CT molecular complexity index is 480. The summed E-state index contributed by atoms with van der Waals surface area (Å²) in [7, 11) is 0. The maximum absolute atomic E-state index is 13.3. The van der Waals surface area contributed by atoms with E-state index in [9.17, 15) is 18.4 Å². The highest BCUT2D eigenvalue weighted by Gasteiger charge is 2.17. The van der Waals surface area contributed by atoms with Crippen molar-refractivity contribution in [2.24, 2.45) is 0 Å². The first-order valence-electron chi connectivity index (χ1n) is 5.54. The van der Waals surface area contributed by atoms with Gasteiger partial charge in [0.2, 0.25) is 5.91 Å². The third-order valence-corrected chi connectivity index (χ3v) is 2.35. The molecule has 0 radical (unpaired) electrons. The number of nitrogens with one attached hydrogen (secondary N) is 2. The van der Waals surface area contributed by atoms with Gasteiger partial charge in [-0.25, -0.2) is 13.6 Å². The lowest BCUT2D eigenvalue weighted by Gasteiger charge is -2.14. The first-order valence-corrected chi connectivity index (χ1v) is 5.54. The topological polar surface area (TPSA) is 78.4 Å². The van der Waals surface area contributed by atoms with Gasteiger partial charge in [-0.1, -0.05) is 6.07 Å². The number of aliphatic carboxylic acids is 1. The largest absolute Gasteiger partial charge is 0.480 e. The Hall–Kier alpha value is -2.02. The number of carboxylic acids is 1. The quantitative estimate of drug-likeness (QED) is 0.710. The molecule has 1 rings (SSSR count). The number of carbonyl (C=O) groups is 2. The van der Waals surface area contributed by atoms with Crippen LogP contribution in [0.5, 0.6) is 0 Å². The normalized spacial score (nSPS) is 11.9. The van der Waals surface area contributed by atoms with Gasteiger partial charge in [0.05, 0.1) is 0 Å². The summed E-state index contributed by atoms with van der Waals surface area (Å²) in [5.74, 6) is -3.05. The summed E-state index contributed by atoms with van der Waals surface area (Å²) in [6, 6.07) is 2.04. The van der Waals surface area contributed by atoms with E-state index in [1.165, 1.54) is 13.0 Å². The minimum absolute atomic E-state index is 0.0372. The van der Waals surface area contributed by atoms with Crippen molar-refractivity contribution in [3.8, 4) is 0 Å². The predicted molar refractivity (Wildman–Crippen MR) is 63.3 cm³/mol. The van der Waals surface area contributed by atoms with Crippen LogP contribution in [0.2, 0.25) is 0 Å². The lowest BCUT2D eigenvalue weighted by atomic mass is 10.2. The molecule has 0 saturated carbocycles. The third kappa shape index (κ3) is 5.01. The monoisotopic (exact) mass is 272 g/mol. The zero-order valence-electron chi connectivity index (χ0n) is 10.2. The molecule has 7 heteroatoms. The molecule has 0 saturated heterocycles. The van der Waals surface area contributed by atoms with Gasteiger partial charge in [0.15, 0.2) is 0 Å². The van der Waals surface area contributed by atoms with Gasteiger partial charge >= 0.3 is 5.97 Å². The molecule has 0 bridgehead atoms. The van der Waals surface area contributed by atoms with Crippen molar-refractivity contribution in [1.29, 1.82) is 0 Å². The van der Waals surface area contributed by atoms with Crippen LogP contribution in [-0.4, -0.2) is 29.6 Å². The van der Waals surface area contributed by atoms with Crippen molar-refractivity contribution >= 4 is 11.9 Å². The fraction of sp³-hybridized carbons (Fsp3) is 0.333. The summed E-state index contributed by atoms with van der Waals surface area (Å²) in [5, 5.41) is 13.8. The SMILES string of the molecule is CC(=O)NC(CNCc1ccc(F)cc1F)C(=O)O. The van der Waals surface area contributed by atoms with Gasteiger partial charge in [0.25, 0.3) is 0 Å². The maximum atomic E-state index is 13.3. The van der Waals surface area contributed by atoms with Crippen molar-refractivity contribution in [3.05, 3.63) is 35.4 Å².